The minimum absolute atomic E-state index is 0.0834. The molecule has 1 aliphatic rings. The van der Waals surface area contributed by atoms with Gasteiger partial charge in [0.2, 0.25) is 0 Å². The predicted molar refractivity (Wildman–Crippen MR) is 89.6 cm³/mol. The maximum atomic E-state index is 12.6. The highest BCUT2D eigenvalue weighted by Gasteiger charge is 2.19. The van der Waals surface area contributed by atoms with E-state index in [-0.39, 0.29) is 5.78 Å². The summed E-state index contributed by atoms with van der Waals surface area (Å²) in [5.74, 6) is 1.46. The van der Waals surface area contributed by atoms with Gasteiger partial charge >= 0.3 is 0 Å². The van der Waals surface area contributed by atoms with Crippen LogP contribution in [0, 0.1) is 0 Å². The lowest BCUT2D eigenvalue weighted by atomic mass is 10.1. The molecule has 5 heteroatoms. The van der Waals surface area contributed by atoms with Crippen LogP contribution in [-0.4, -0.2) is 56.7 Å². The number of morpholine rings is 1. The second kappa shape index (κ2) is 9.53. The maximum Gasteiger partial charge on any atom is 0.180 e. The second-order valence-electron chi connectivity index (χ2n) is 5.67. The highest BCUT2D eigenvalue weighted by molar-refractivity contribution is 6.00. The lowest BCUT2D eigenvalue weighted by molar-refractivity contribution is 0.0370. The fourth-order valence-electron chi connectivity index (χ4n) is 2.42. The molecule has 1 aliphatic heterocycles. The molecule has 0 aromatic heterocycles. The third kappa shape index (κ3) is 5.52. The molecule has 1 aromatic carbocycles. The molecule has 0 spiro atoms. The zero-order chi connectivity index (χ0) is 16.5. The molecule has 23 heavy (non-hydrogen) atoms. The summed E-state index contributed by atoms with van der Waals surface area (Å²) in [6, 6.07) is 5.50. The van der Waals surface area contributed by atoms with Crippen LogP contribution < -0.4 is 9.47 Å². The van der Waals surface area contributed by atoms with Crippen molar-refractivity contribution in [2.45, 2.75) is 26.7 Å². The molecule has 1 heterocycles. The van der Waals surface area contributed by atoms with Gasteiger partial charge in [-0.1, -0.05) is 13.8 Å². The molecule has 0 radical (unpaired) electrons. The first kappa shape index (κ1) is 17.8. The van der Waals surface area contributed by atoms with Gasteiger partial charge in [-0.15, -0.1) is 0 Å². The molecule has 0 N–H and O–H groups in total. The summed E-state index contributed by atoms with van der Waals surface area (Å²) in [5.41, 5.74) is 0.633. The van der Waals surface area contributed by atoms with E-state index in [2.05, 4.69) is 11.8 Å². The lowest BCUT2D eigenvalue weighted by Gasteiger charge is -2.26. The van der Waals surface area contributed by atoms with Crippen molar-refractivity contribution in [3.63, 3.8) is 0 Å². The minimum atomic E-state index is 0.0834. The molecule has 2 rings (SSSR count). The van der Waals surface area contributed by atoms with Crippen LogP contribution in [0.2, 0.25) is 0 Å². The molecule has 0 saturated carbocycles. The fourth-order valence-corrected chi connectivity index (χ4v) is 2.42. The zero-order valence-corrected chi connectivity index (χ0v) is 14.2. The quantitative estimate of drug-likeness (QED) is 0.655. The van der Waals surface area contributed by atoms with E-state index in [4.69, 9.17) is 14.2 Å². The Hall–Kier alpha value is -1.59. The number of ether oxygens (including phenoxy) is 3. The Balaban J connectivity index is 2.08. The fraction of sp³-hybridized carbons (Fsp3) is 0.611. The van der Waals surface area contributed by atoms with E-state index in [0.29, 0.717) is 44.3 Å². The smallest absolute Gasteiger partial charge is 0.180 e. The summed E-state index contributed by atoms with van der Waals surface area (Å²) in [6.07, 6.45) is 1.85. The van der Waals surface area contributed by atoms with Gasteiger partial charge in [-0.25, -0.2) is 0 Å². The van der Waals surface area contributed by atoms with Crippen LogP contribution in [0.4, 0.5) is 0 Å². The monoisotopic (exact) mass is 321 g/mol. The van der Waals surface area contributed by atoms with Gasteiger partial charge in [0.05, 0.1) is 38.5 Å². The molecule has 0 amide bonds. The Morgan fingerprint density at radius 1 is 1.13 bits per heavy atom. The summed E-state index contributed by atoms with van der Waals surface area (Å²) < 4.78 is 16.7. The van der Waals surface area contributed by atoms with E-state index in [0.717, 1.165) is 31.7 Å². The summed E-state index contributed by atoms with van der Waals surface area (Å²) in [4.78, 5) is 14.7. The number of carbonyl (C=O) groups excluding carboxylic acids is 1. The first-order chi connectivity index (χ1) is 11.2. The van der Waals surface area contributed by atoms with Gasteiger partial charge in [-0.2, -0.15) is 0 Å². The number of nitrogens with zero attached hydrogens (tertiary/aromatic N) is 1. The first-order valence-electron chi connectivity index (χ1n) is 8.47. The lowest BCUT2D eigenvalue weighted by Crippen LogP contribution is -2.39. The van der Waals surface area contributed by atoms with E-state index in [1.165, 1.54) is 0 Å². The summed E-state index contributed by atoms with van der Waals surface area (Å²) in [5, 5.41) is 0. The number of ketones is 1. The van der Waals surface area contributed by atoms with Crippen LogP contribution in [0.5, 0.6) is 11.5 Å². The number of hydrogen-bond acceptors (Lipinski definition) is 5. The number of rotatable bonds is 9. The molecule has 1 aromatic rings. The first-order valence-corrected chi connectivity index (χ1v) is 8.47. The van der Waals surface area contributed by atoms with E-state index in [1.807, 2.05) is 25.1 Å². The molecular formula is C18H27NO4. The number of carbonyl (C=O) groups is 1. The SMILES string of the molecule is CCCOc1ccc(C(=O)CN2CCOCC2)c(OCCC)c1. The van der Waals surface area contributed by atoms with Crippen molar-refractivity contribution in [1.82, 2.24) is 4.90 Å². The Kier molecular flexibility index (Phi) is 7.36. The Morgan fingerprint density at radius 2 is 1.83 bits per heavy atom. The van der Waals surface area contributed by atoms with Crippen LogP contribution in [0.3, 0.4) is 0 Å². The number of benzene rings is 1. The van der Waals surface area contributed by atoms with E-state index in [1.54, 1.807) is 0 Å². The highest BCUT2D eigenvalue weighted by Crippen LogP contribution is 2.26. The summed E-state index contributed by atoms with van der Waals surface area (Å²) >= 11 is 0. The molecule has 0 aliphatic carbocycles. The van der Waals surface area contributed by atoms with Crippen LogP contribution >= 0.6 is 0 Å². The van der Waals surface area contributed by atoms with Crippen molar-refractivity contribution < 1.29 is 19.0 Å². The molecule has 128 valence electrons. The molecule has 0 unspecified atom stereocenters. The van der Waals surface area contributed by atoms with Crippen molar-refractivity contribution in [2.24, 2.45) is 0 Å². The molecule has 0 bridgehead atoms. The Morgan fingerprint density at radius 3 is 2.52 bits per heavy atom. The second-order valence-corrected chi connectivity index (χ2v) is 5.67. The standard InChI is InChI=1S/C18H27NO4/c1-3-9-22-15-5-6-16(18(13-15)23-10-4-2)17(20)14-19-7-11-21-12-8-19/h5-6,13H,3-4,7-12,14H2,1-2H3. The van der Waals surface area contributed by atoms with Gasteiger partial charge in [0.25, 0.3) is 0 Å². The van der Waals surface area contributed by atoms with Crippen molar-refractivity contribution in [2.75, 3.05) is 46.1 Å². The van der Waals surface area contributed by atoms with Crippen molar-refractivity contribution in [3.8, 4) is 11.5 Å². The van der Waals surface area contributed by atoms with Crippen LogP contribution in [0.15, 0.2) is 18.2 Å². The van der Waals surface area contributed by atoms with E-state index in [9.17, 15) is 4.79 Å². The molecule has 1 saturated heterocycles. The molecule has 0 atom stereocenters. The summed E-state index contributed by atoms with van der Waals surface area (Å²) in [6.45, 7) is 8.75. The molecular weight excluding hydrogens is 294 g/mol. The van der Waals surface area contributed by atoms with Gasteiger partial charge < -0.3 is 14.2 Å². The van der Waals surface area contributed by atoms with Crippen LogP contribution in [0.25, 0.3) is 0 Å². The van der Waals surface area contributed by atoms with Gasteiger partial charge in [-0.3, -0.25) is 9.69 Å². The number of Topliss-reactive ketones (excluding diaryl/α,β-unsaturated/α-hetero) is 1. The maximum absolute atomic E-state index is 12.6. The molecule has 1 fully saturated rings. The normalized spacial score (nSPS) is 15.4. The summed E-state index contributed by atoms with van der Waals surface area (Å²) in [7, 11) is 0. The Bertz CT molecular complexity index is 498. The van der Waals surface area contributed by atoms with Crippen molar-refractivity contribution in [1.29, 1.82) is 0 Å². The third-order valence-corrected chi connectivity index (χ3v) is 3.66. The van der Waals surface area contributed by atoms with Crippen LogP contribution in [-0.2, 0) is 4.74 Å². The molecule has 5 nitrogen and oxygen atoms in total. The van der Waals surface area contributed by atoms with Gasteiger partial charge in [0.15, 0.2) is 5.78 Å². The van der Waals surface area contributed by atoms with Crippen LogP contribution in [0.1, 0.15) is 37.0 Å². The third-order valence-electron chi connectivity index (χ3n) is 3.66. The van der Waals surface area contributed by atoms with E-state index >= 15 is 0 Å². The average molecular weight is 321 g/mol. The average Bonchev–Trinajstić information content (AvgIpc) is 2.59. The predicted octanol–water partition coefficient (Wildman–Crippen LogP) is 2.78. The topological polar surface area (TPSA) is 48.0 Å². The van der Waals surface area contributed by atoms with Gasteiger partial charge in [0.1, 0.15) is 11.5 Å². The van der Waals surface area contributed by atoms with E-state index < -0.39 is 0 Å². The highest BCUT2D eigenvalue weighted by atomic mass is 16.5. The van der Waals surface area contributed by atoms with Gasteiger partial charge in [0, 0.05) is 19.2 Å². The minimum Gasteiger partial charge on any atom is -0.493 e. The Labute approximate surface area is 138 Å². The zero-order valence-electron chi connectivity index (χ0n) is 14.2. The van der Waals surface area contributed by atoms with Crippen molar-refractivity contribution >= 4 is 5.78 Å². The van der Waals surface area contributed by atoms with Gasteiger partial charge in [-0.05, 0) is 25.0 Å². The largest absolute Gasteiger partial charge is 0.493 e. The number of hydrogen-bond donors (Lipinski definition) is 0. The van der Waals surface area contributed by atoms with Crippen molar-refractivity contribution in [3.05, 3.63) is 23.8 Å².